The first-order valence-electron chi connectivity index (χ1n) is 11.6. The maximum atomic E-state index is 15.4. The van der Waals surface area contributed by atoms with Crippen LogP contribution in [0, 0.1) is 11.7 Å². The third-order valence-corrected chi connectivity index (χ3v) is 7.64. The minimum atomic E-state index is -0.509. The molecule has 3 N–H and O–H groups in total. The van der Waals surface area contributed by atoms with Gasteiger partial charge in [0.05, 0.1) is 23.5 Å². The molecular formula is C25H24FN5O3S. The van der Waals surface area contributed by atoms with Crippen LogP contribution in [0.15, 0.2) is 57.2 Å². The number of nitrogens with two attached hydrogens (primary N) is 1. The van der Waals surface area contributed by atoms with Gasteiger partial charge >= 0.3 is 0 Å². The number of halogens is 1. The molecule has 0 amide bonds. The Morgan fingerprint density at radius 3 is 2.74 bits per heavy atom. The first kappa shape index (κ1) is 22.0. The Hall–Kier alpha value is -3.50. The van der Waals surface area contributed by atoms with E-state index in [1.54, 1.807) is 6.07 Å². The van der Waals surface area contributed by atoms with Crippen molar-refractivity contribution in [3.63, 3.8) is 0 Å². The van der Waals surface area contributed by atoms with Crippen molar-refractivity contribution >= 4 is 44.1 Å². The molecule has 1 saturated heterocycles. The summed E-state index contributed by atoms with van der Waals surface area (Å²) in [5, 5.41) is 4.67. The Bertz CT molecular complexity index is 1570. The molecule has 10 heteroatoms. The molecule has 6 rings (SSSR count). The van der Waals surface area contributed by atoms with E-state index in [0.29, 0.717) is 42.3 Å². The smallest absolute Gasteiger partial charge is 0.271 e. The molecule has 4 aromatic rings. The fourth-order valence-corrected chi connectivity index (χ4v) is 5.72. The van der Waals surface area contributed by atoms with Gasteiger partial charge in [0.2, 0.25) is 5.43 Å². The molecule has 180 valence electrons. The maximum absolute atomic E-state index is 15.4. The fourth-order valence-electron chi connectivity index (χ4n) is 4.80. The van der Waals surface area contributed by atoms with Gasteiger partial charge in [-0.1, -0.05) is 35.5 Å². The number of pyridine rings is 1. The van der Waals surface area contributed by atoms with Crippen LogP contribution >= 0.6 is 11.5 Å². The van der Waals surface area contributed by atoms with E-state index in [9.17, 15) is 9.59 Å². The summed E-state index contributed by atoms with van der Waals surface area (Å²) in [5.74, 6) is -0.575. The van der Waals surface area contributed by atoms with Gasteiger partial charge in [0.25, 0.3) is 5.56 Å². The summed E-state index contributed by atoms with van der Waals surface area (Å²) >= 11 is 1.16. The van der Waals surface area contributed by atoms with Gasteiger partial charge in [0, 0.05) is 30.4 Å². The molecular weight excluding hydrogens is 469 g/mol. The van der Waals surface area contributed by atoms with E-state index >= 15 is 4.39 Å². The van der Waals surface area contributed by atoms with Crippen molar-refractivity contribution in [3.8, 4) is 0 Å². The minimum Gasteiger partial charge on any atom is -0.391 e. The molecule has 8 nitrogen and oxygen atoms in total. The molecule has 1 unspecified atom stereocenters. The molecule has 1 atom stereocenters. The maximum Gasteiger partial charge on any atom is 0.271 e. The third kappa shape index (κ3) is 3.82. The number of aromatic nitrogens is 2. The second-order valence-electron chi connectivity index (χ2n) is 9.12. The Labute approximate surface area is 203 Å². The van der Waals surface area contributed by atoms with E-state index in [0.717, 1.165) is 35.6 Å². The summed E-state index contributed by atoms with van der Waals surface area (Å²) < 4.78 is 20.1. The topological polar surface area (TPSA) is 106 Å². The van der Waals surface area contributed by atoms with Gasteiger partial charge in [0.1, 0.15) is 22.6 Å². The number of benzene rings is 2. The van der Waals surface area contributed by atoms with E-state index in [1.807, 2.05) is 39.8 Å². The zero-order chi connectivity index (χ0) is 24.1. The number of nitrogens with one attached hydrogen (secondary N) is 1. The van der Waals surface area contributed by atoms with Crippen molar-refractivity contribution in [1.29, 1.82) is 0 Å². The van der Waals surface area contributed by atoms with E-state index in [2.05, 4.69) is 9.53 Å². The average molecular weight is 494 g/mol. The minimum absolute atomic E-state index is 0.0658. The van der Waals surface area contributed by atoms with Gasteiger partial charge in [-0.15, -0.1) is 0 Å². The number of hydrogen-bond acceptors (Lipinski definition) is 7. The normalized spacial score (nSPS) is 19.3. The Morgan fingerprint density at radius 1 is 1.20 bits per heavy atom. The number of hydrogen-bond donors (Lipinski definition) is 2. The van der Waals surface area contributed by atoms with Crippen LogP contribution in [-0.4, -0.2) is 34.3 Å². The molecule has 1 saturated carbocycles. The van der Waals surface area contributed by atoms with Crippen LogP contribution < -0.4 is 21.6 Å². The molecule has 2 aromatic heterocycles. The molecule has 1 aliphatic carbocycles. The summed E-state index contributed by atoms with van der Waals surface area (Å²) in [7, 11) is 0. The first-order valence-corrected chi connectivity index (χ1v) is 12.4. The van der Waals surface area contributed by atoms with Crippen LogP contribution in [0.2, 0.25) is 0 Å². The zero-order valence-corrected chi connectivity index (χ0v) is 19.7. The van der Waals surface area contributed by atoms with Crippen molar-refractivity contribution in [2.24, 2.45) is 16.8 Å². The lowest BCUT2D eigenvalue weighted by Crippen LogP contribution is -2.24. The van der Waals surface area contributed by atoms with Gasteiger partial charge in [-0.05, 0) is 42.1 Å². The molecule has 0 bridgehead atoms. The van der Waals surface area contributed by atoms with Crippen LogP contribution in [0.1, 0.15) is 24.4 Å². The largest absolute Gasteiger partial charge is 0.391 e. The van der Waals surface area contributed by atoms with E-state index < -0.39 is 16.8 Å². The molecule has 2 aliphatic rings. The number of aromatic amines is 1. The highest BCUT2D eigenvalue weighted by molar-refractivity contribution is 7.12. The fraction of sp³-hybridized carbons (Fsp3) is 0.320. The second-order valence-corrected chi connectivity index (χ2v) is 9.91. The van der Waals surface area contributed by atoms with E-state index in [1.165, 1.54) is 6.07 Å². The second kappa shape index (κ2) is 8.62. The summed E-state index contributed by atoms with van der Waals surface area (Å²) in [5.41, 5.74) is 7.95. The van der Waals surface area contributed by atoms with Crippen molar-refractivity contribution in [1.82, 2.24) is 8.94 Å². The van der Waals surface area contributed by atoms with Gasteiger partial charge < -0.3 is 20.0 Å². The standard InChI is InChI=1S/C25H24FN5O3S/c26-18-8-17-20(31(16-6-7-16)25-22(23(17)32)24(33)29-35-25)9-21(18)30-11-15(10-27)19(12-30)28-34-13-14-4-2-1-3-5-14/h1-5,8-9,15-16H,6-7,10-13,27H2,(H,29,33)/b28-19+. The van der Waals surface area contributed by atoms with Gasteiger partial charge in [-0.3, -0.25) is 14.0 Å². The lowest BCUT2D eigenvalue weighted by Gasteiger charge is -2.20. The highest BCUT2D eigenvalue weighted by atomic mass is 32.1. The third-order valence-electron chi connectivity index (χ3n) is 6.75. The van der Waals surface area contributed by atoms with Crippen LogP contribution in [0.4, 0.5) is 10.1 Å². The molecule has 2 aromatic carbocycles. The number of fused-ring (bicyclic) bond motifs is 2. The Balaban J connectivity index is 1.37. The average Bonchev–Trinajstić information content (AvgIpc) is 3.51. The predicted octanol–water partition coefficient (Wildman–Crippen LogP) is 3.35. The SMILES string of the molecule is NCC1CN(c2cc3c(cc2F)c(=O)c2c(=O)[nH]sc2n3C2CC2)C/C1=N\OCc1ccccc1. The van der Waals surface area contributed by atoms with Crippen molar-refractivity contribution in [3.05, 3.63) is 74.4 Å². The predicted molar refractivity (Wildman–Crippen MR) is 136 cm³/mol. The quantitative estimate of drug-likeness (QED) is 0.401. The van der Waals surface area contributed by atoms with Gasteiger partial charge in [-0.2, -0.15) is 0 Å². The summed E-state index contributed by atoms with van der Waals surface area (Å²) in [4.78, 5) is 33.4. The van der Waals surface area contributed by atoms with Crippen LogP contribution in [0.25, 0.3) is 21.1 Å². The molecule has 0 radical (unpaired) electrons. The zero-order valence-electron chi connectivity index (χ0n) is 18.9. The first-order chi connectivity index (χ1) is 17.0. The summed E-state index contributed by atoms with van der Waals surface area (Å²) in [6, 6.07) is 12.9. The Kier molecular flexibility index (Phi) is 5.42. The summed E-state index contributed by atoms with van der Waals surface area (Å²) in [6.07, 6.45) is 1.92. The van der Waals surface area contributed by atoms with E-state index in [-0.39, 0.29) is 22.7 Å². The van der Waals surface area contributed by atoms with Gasteiger partial charge in [-0.25, -0.2) is 4.39 Å². The monoisotopic (exact) mass is 493 g/mol. The summed E-state index contributed by atoms with van der Waals surface area (Å²) in [6.45, 7) is 1.59. The van der Waals surface area contributed by atoms with Crippen LogP contribution in [-0.2, 0) is 11.4 Å². The highest BCUT2D eigenvalue weighted by Crippen LogP contribution is 2.41. The van der Waals surface area contributed by atoms with Crippen LogP contribution in [0.5, 0.6) is 0 Å². The van der Waals surface area contributed by atoms with Crippen molar-refractivity contribution in [2.75, 3.05) is 24.5 Å². The van der Waals surface area contributed by atoms with Gasteiger partial charge in [0.15, 0.2) is 0 Å². The number of H-pyrrole nitrogens is 1. The lowest BCUT2D eigenvalue weighted by molar-refractivity contribution is 0.129. The molecule has 35 heavy (non-hydrogen) atoms. The molecule has 0 spiro atoms. The van der Waals surface area contributed by atoms with E-state index in [4.69, 9.17) is 10.6 Å². The highest BCUT2D eigenvalue weighted by Gasteiger charge is 2.33. The Morgan fingerprint density at radius 2 is 2.00 bits per heavy atom. The number of rotatable bonds is 6. The van der Waals surface area contributed by atoms with Crippen molar-refractivity contribution < 1.29 is 9.23 Å². The molecule has 2 fully saturated rings. The molecule has 1 aliphatic heterocycles. The number of oxime groups is 1. The number of nitrogens with zero attached hydrogens (tertiary/aromatic N) is 3. The van der Waals surface area contributed by atoms with Crippen molar-refractivity contribution in [2.45, 2.75) is 25.5 Å². The lowest BCUT2D eigenvalue weighted by atomic mass is 10.1. The number of anilines is 1. The van der Waals surface area contributed by atoms with Crippen LogP contribution in [0.3, 0.4) is 0 Å². The molecule has 3 heterocycles.